The lowest BCUT2D eigenvalue weighted by Crippen LogP contribution is -2.37. The molecule has 2 aromatic heterocycles. The van der Waals surface area contributed by atoms with E-state index in [-0.39, 0.29) is 0 Å². The van der Waals surface area contributed by atoms with E-state index < -0.39 is 21.3 Å². The second-order valence-corrected chi connectivity index (χ2v) is 7.18. The first kappa shape index (κ1) is 14.3. The molecule has 24 heavy (non-hydrogen) atoms. The molecule has 4 heterocycles. The third-order valence-corrected chi connectivity index (χ3v) is 5.75. The lowest BCUT2D eigenvalue weighted by atomic mass is 10.1. The largest absolute Gasteiger partial charge is 0.378 e. The Kier molecular flexibility index (Phi) is 3.44. The SMILES string of the molecule is c1cc(-c2nc(N3CCOCC3)nc3c2N=IN3)c2cc[nH]c2c1. The van der Waals surface area contributed by atoms with Crippen molar-refractivity contribution >= 4 is 49.7 Å². The van der Waals surface area contributed by atoms with Crippen LogP contribution in [-0.4, -0.2) is 41.3 Å². The normalized spacial score (nSPS) is 16.8. The summed E-state index contributed by atoms with van der Waals surface area (Å²) in [5.74, 6) is 1.62. The van der Waals surface area contributed by atoms with Crippen LogP contribution in [0.25, 0.3) is 22.2 Å². The molecule has 1 fully saturated rings. The van der Waals surface area contributed by atoms with E-state index in [1.807, 2.05) is 6.20 Å². The van der Waals surface area contributed by atoms with Crippen molar-refractivity contribution in [3.8, 4) is 11.3 Å². The van der Waals surface area contributed by atoms with Crippen molar-refractivity contribution in [3.05, 3.63) is 30.5 Å². The molecular formula is C16H15IN6O. The predicted molar refractivity (Wildman–Crippen MR) is 102 cm³/mol. The zero-order valence-electron chi connectivity index (χ0n) is 12.8. The lowest BCUT2D eigenvalue weighted by molar-refractivity contribution is 0.122. The molecule has 2 aliphatic heterocycles. The molecule has 0 amide bonds. The zero-order chi connectivity index (χ0) is 15.9. The van der Waals surface area contributed by atoms with Crippen molar-refractivity contribution < 1.29 is 4.74 Å². The molecular weight excluding hydrogens is 419 g/mol. The van der Waals surface area contributed by atoms with Crippen LogP contribution in [0.15, 0.2) is 33.6 Å². The van der Waals surface area contributed by atoms with Gasteiger partial charge in [0.15, 0.2) is 5.82 Å². The number of fused-ring (bicyclic) bond motifs is 2. The van der Waals surface area contributed by atoms with Gasteiger partial charge >= 0.3 is 0 Å². The summed E-state index contributed by atoms with van der Waals surface area (Å²) < 4.78 is 13.5. The summed E-state index contributed by atoms with van der Waals surface area (Å²) >= 11 is -0.439. The smallest absolute Gasteiger partial charge is 0.228 e. The Balaban J connectivity index is 1.71. The number of H-pyrrole nitrogens is 1. The quantitative estimate of drug-likeness (QED) is 0.476. The van der Waals surface area contributed by atoms with E-state index in [0.717, 1.165) is 52.7 Å². The van der Waals surface area contributed by atoms with Crippen molar-refractivity contribution in [2.24, 2.45) is 3.15 Å². The molecule has 0 radical (unpaired) electrons. The molecule has 122 valence electrons. The van der Waals surface area contributed by atoms with E-state index in [4.69, 9.17) is 14.7 Å². The van der Waals surface area contributed by atoms with Crippen molar-refractivity contribution in [1.29, 1.82) is 0 Å². The van der Waals surface area contributed by atoms with Gasteiger partial charge in [0.05, 0.1) is 13.2 Å². The topological polar surface area (TPSA) is 78.4 Å². The number of morpholine rings is 1. The molecule has 5 rings (SSSR count). The second-order valence-electron chi connectivity index (χ2n) is 5.68. The number of hydrogen-bond donors (Lipinski definition) is 2. The van der Waals surface area contributed by atoms with Gasteiger partial charge in [0.25, 0.3) is 0 Å². The highest BCUT2D eigenvalue weighted by Gasteiger charge is 2.23. The fourth-order valence-electron chi connectivity index (χ4n) is 3.08. The van der Waals surface area contributed by atoms with Crippen LogP contribution in [0, 0.1) is 0 Å². The molecule has 1 aromatic carbocycles. The fraction of sp³-hybridized carbons (Fsp3) is 0.250. The maximum absolute atomic E-state index is 5.45. The van der Waals surface area contributed by atoms with Crippen LogP contribution in [0.2, 0.25) is 0 Å². The Bertz CT molecular complexity index is 947. The third kappa shape index (κ3) is 2.28. The minimum absolute atomic E-state index is 0.439. The fourth-order valence-corrected chi connectivity index (χ4v) is 4.50. The number of rotatable bonds is 2. The van der Waals surface area contributed by atoms with Gasteiger partial charge in [0.1, 0.15) is 32.7 Å². The van der Waals surface area contributed by atoms with E-state index in [2.05, 4.69) is 40.8 Å². The van der Waals surface area contributed by atoms with Gasteiger partial charge in [-0.25, -0.2) is 4.98 Å². The van der Waals surface area contributed by atoms with E-state index in [0.29, 0.717) is 13.2 Å². The molecule has 0 bridgehead atoms. The molecule has 2 aliphatic rings. The average molecular weight is 434 g/mol. The van der Waals surface area contributed by atoms with Gasteiger partial charge in [-0.2, -0.15) is 8.13 Å². The first-order valence-corrected chi connectivity index (χ1v) is 9.86. The molecule has 0 saturated carbocycles. The summed E-state index contributed by atoms with van der Waals surface area (Å²) in [7, 11) is 0. The second kappa shape index (κ2) is 5.78. The van der Waals surface area contributed by atoms with Crippen LogP contribution < -0.4 is 8.43 Å². The highest BCUT2D eigenvalue weighted by molar-refractivity contribution is 14.2. The Morgan fingerprint density at radius 1 is 1.12 bits per heavy atom. The number of nitrogens with zero attached hydrogens (tertiary/aromatic N) is 4. The van der Waals surface area contributed by atoms with Crippen LogP contribution in [0.1, 0.15) is 0 Å². The number of hydrogen-bond acceptors (Lipinski definition) is 6. The van der Waals surface area contributed by atoms with Crippen LogP contribution in [0.4, 0.5) is 17.5 Å². The maximum atomic E-state index is 5.45. The zero-order valence-corrected chi connectivity index (χ0v) is 14.9. The highest BCUT2D eigenvalue weighted by Crippen LogP contribution is 2.44. The van der Waals surface area contributed by atoms with Crippen molar-refractivity contribution in [3.63, 3.8) is 0 Å². The van der Waals surface area contributed by atoms with E-state index in [1.54, 1.807) is 0 Å². The van der Waals surface area contributed by atoms with Crippen molar-refractivity contribution in [2.45, 2.75) is 0 Å². The maximum Gasteiger partial charge on any atom is 0.228 e. The monoisotopic (exact) mass is 434 g/mol. The molecule has 7 nitrogen and oxygen atoms in total. The minimum Gasteiger partial charge on any atom is -0.378 e. The molecule has 1 saturated heterocycles. The van der Waals surface area contributed by atoms with Gasteiger partial charge < -0.3 is 18.2 Å². The molecule has 0 atom stereocenters. The number of benzene rings is 1. The number of aromatic amines is 1. The number of anilines is 2. The van der Waals surface area contributed by atoms with Crippen LogP contribution in [0.5, 0.6) is 0 Å². The Morgan fingerprint density at radius 2 is 2.04 bits per heavy atom. The van der Waals surface area contributed by atoms with E-state index in [1.165, 1.54) is 0 Å². The lowest BCUT2D eigenvalue weighted by Gasteiger charge is -2.27. The Hall–Kier alpha value is -2.07. The van der Waals surface area contributed by atoms with Crippen LogP contribution in [-0.2, 0) is 4.74 Å². The van der Waals surface area contributed by atoms with E-state index in [9.17, 15) is 0 Å². The van der Waals surface area contributed by atoms with Gasteiger partial charge in [-0.05, 0) is 12.1 Å². The minimum atomic E-state index is -0.439. The molecule has 8 heteroatoms. The van der Waals surface area contributed by atoms with Gasteiger partial charge in [-0.1, -0.05) is 12.1 Å². The first-order valence-electron chi connectivity index (χ1n) is 7.81. The summed E-state index contributed by atoms with van der Waals surface area (Å²) in [5.41, 5.74) is 4.01. The Morgan fingerprint density at radius 3 is 2.96 bits per heavy atom. The molecule has 0 spiro atoms. The summed E-state index contributed by atoms with van der Waals surface area (Å²) in [6.07, 6.45) is 1.96. The predicted octanol–water partition coefficient (Wildman–Crippen LogP) is 3.59. The molecule has 0 aliphatic carbocycles. The van der Waals surface area contributed by atoms with Crippen molar-refractivity contribution in [2.75, 3.05) is 34.7 Å². The van der Waals surface area contributed by atoms with Gasteiger partial charge in [0, 0.05) is 35.8 Å². The Labute approximate surface area is 149 Å². The molecule has 0 unspecified atom stereocenters. The van der Waals surface area contributed by atoms with Crippen molar-refractivity contribution in [1.82, 2.24) is 15.0 Å². The van der Waals surface area contributed by atoms with Gasteiger partial charge in [-0.3, -0.25) is 0 Å². The number of ether oxygens (including phenoxy) is 1. The first-order chi connectivity index (χ1) is 11.9. The van der Waals surface area contributed by atoms with Gasteiger partial charge in [-0.15, -0.1) is 0 Å². The molecule has 3 aromatic rings. The highest BCUT2D eigenvalue weighted by atomic mass is 127. The van der Waals surface area contributed by atoms with E-state index >= 15 is 0 Å². The van der Waals surface area contributed by atoms with Crippen LogP contribution in [0.3, 0.4) is 0 Å². The van der Waals surface area contributed by atoms with Crippen LogP contribution >= 0.6 is 21.3 Å². The summed E-state index contributed by atoms with van der Waals surface area (Å²) in [5, 5.41) is 1.16. The molecule has 2 N–H and O–H groups in total. The standard InChI is InChI=1S/C16H15IN6O/c1-2-11(10-4-5-18-12(10)3-1)13-14-15(22-17-21-14)20-16(19-13)23-6-8-24-9-7-23/h1-5,18H,6-9H2,(H,19,20,21,22). The number of halogens is 1. The summed E-state index contributed by atoms with van der Waals surface area (Å²) in [4.78, 5) is 15.1. The summed E-state index contributed by atoms with van der Waals surface area (Å²) in [6, 6.07) is 8.32. The number of nitrogens with one attached hydrogen (secondary N) is 2. The average Bonchev–Trinajstić information content (AvgIpc) is 3.30. The summed E-state index contributed by atoms with van der Waals surface area (Å²) in [6.45, 7) is 3.07. The number of aromatic nitrogens is 3. The third-order valence-electron chi connectivity index (χ3n) is 4.27. The van der Waals surface area contributed by atoms with Gasteiger partial charge in [0.2, 0.25) is 5.95 Å².